The number of sulfonamides is 1. The maximum atomic E-state index is 12.9. The van der Waals surface area contributed by atoms with Crippen molar-refractivity contribution >= 4 is 27.3 Å². The van der Waals surface area contributed by atoms with Gasteiger partial charge in [0.05, 0.1) is 10.6 Å². The third-order valence-corrected chi connectivity index (χ3v) is 8.10. The fourth-order valence-corrected chi connectivity index (χ4v) is 5.28. The molecule has 0 aromatic heterocycles. The number of amides is 1. The number of likely N-dealkylation sites (tertiary alicyclic amines) is 1. The summed E-state index contributed by atoms with van der Waals surface area (Å²) < 4.78 is 27.0. The lowest BCUT2D eigenvalue weighted by Gasteiger charge is -2.20. The van der Waals surface area contributed by atoms with E-state index in [1.807, 2.05) is 19.1 Å². The molecule has 0 aliphatic carbocycles. The molecule has 34 heavy (non-hydrogen) atoms. The molecule has 178 valence electrons. The van der Waals surface area contributed by atoms with Crippen LogP contribution in [0.1, 0.15) is 34.3 Å². The second-order valence-electron chi connectivity index (χ2n) is 8.78. The molecule has 1 N–H and O–H groups in total. The Hall–Kier alpha value is -3.16. The van der Waals surface area contributed by atoms with E-state index >= 15 is 0 Å². The fourth-order valence-electron chi connectivity index (χ4n) is 4.08. The first-order chi connectivity index (χ1) is 16.3. The van der Waals surface area contributed by atoms with Gasteiger partial charge in [-0.25, -0.2) is 8.42 Å². The number of nitrogens with zero attached hydrogens (tertiary/aromatic N) is 2. The van der Waals surface area contributed by atoms with Crippen molar-refractivity contribution in [1.82, 2.24) is 4.90 Å². The third-order valence-electron chi connectivity index (χ3n) is 6.30. The molecule has 3 aromatic rings. The van der Waals surface area contributed by atoms with E-state index in [2.05, 4.69) is 22.3 Å². The number of aryl methyl sites for hydroxylation is 1. The second-order valence-corrected chi connectivity index (χ2v) is 10.8. The van der Waals surface area contributed by atoms with Crippen LogP contribution in [0.25, 0.3) is 0 Å². The molecular weight excluding hydrogens is 446 g/mol. The van der Waals surface area contributed by atoms with Gasteiger partial charge in [-0.15, -0.1) is 0 Å². The summed E-state index contributed by atoms with van der Waals surface area (Å²) in [6.45, 7) is 5.38. The largest absolute Gasteiger partial charge is 0.322 e. The standard InChI is InChI=1S/C27H31N3O3S/c1-21-5-15-26(16-6-21)34(32,33)29(2)25-13-9-23(10-14-25)27(31)28-24-11-7-22(8-12-24)17-20-30-18-3-4-19-30/h5-16H,3-4,17-20H2,1-2H3,(H,28,31). The molecule has 0 unspecified atom stereocenters. The van der Waals surface area contributed by atoms with E-state index < -0.39 is 10.0 Å². The fraction of sp³-hybridized carbons (Fsp3) is 0.296. The quantitative estimate of drug-likeness (QED) is 0.510. The van der Waals surface area contributed by atoms with Gasteiger partial charge in [-0.1, -0.05) is 29.8 Å². The van der Waals surface area contributed by atoms with Crippen LogP contribution in [0.2, 0.25) is 0 Å². The summed E-state index contributed by atoms with van der Waals surface area (Å²) in [6, 6.07) is 21.3. The summed E-state index contributed by atoms with van der Waals surface area (Å²) in [7, 11) is -2.17. The van der Waals surface area contributed by atoms with Crippen LogP contribution in [-0.2, 0) is 16.4 Å². The number of nitrogens with one attached hydrogen (secondary N) is 1. The van der Waals surface area contributed by atoms with Gasteiger partial charge in [0.15, 0.2) is 0 Å². The van der Waals surface area contributed by atoms with Gasteiger partial charge >= 0.3 is 0 Å². The third kappa shape index (κ3) is 5.66. The molecule has 6 nitrogen and oxygen atoms in total. The van der Waals surface area contributed by atoms with Gasteiger partial charge in [0.2, 0.25) is 0 Å². The average molecular weight is 478 g/mol. The highest BCUT2D eigenvalue weighted by Gasteiger charge is 2.21. The van der Waals surface area contributed by atoms with Gasteiger partial charge in [-0.05, 0) is 93.4 Å². The zero-order chi connectivity index (χ0) is 24.1. The summed E-state index contributed by atoms with van der Waals surface area (Å²) >= 11 is 0. The van der Waals surface area contributed by atoms with Crippen LogP contribution < -0.4 is 9.62 Å². The lowest BCUT2D eigenvalue weighted by molar-refractivity contribution is 0.102. The lowest BCUT2D eigenvalue weighted by Crippen LogP contribution is -2.26. The molecule has 1 amide bonds. The van der Waals surface area contributed by atoms with Gasteiger partial charge in [0.25, 0.3) is 15.9 Å². The number of carbonyl (C=O) groups excluding carboxylic acids is 1. The molecule has 1 fully saturated rings. The van der Waals surface area contributed by atoms with Gasteiger partial charge in [-0.2, -0.15) is 0 Å². The average Bonchev–Trinajstić information content (AvgIpc) is 3.37. The van der Waals surface area contributed by atoms with Crippen molar-refractivity contribution in [1.29, 1.82) is 0 Å². The molecule has 0 bridgehead atoms. The van der Waals surface area contributed by atoms with Gasteiger partial charge < -0.3 is 10.2 Å². The van der Waals surface area contributed by atoms with Crippen LogP contribution in [0.15, 0.2) is 77.7 Å². The first-order valence-corrected chi connectivity index (χ1v) is 13.1. The Morgan fingerprint density at radius 1 is 0.912 bits per heavy atom. The molecule has 0 spiro atoms. The van der Waals surface area contributed by atoms with E-state index in [0.717, 1.165) is 24.2 Å². The molecule has 4 rings (SSSR count). The Bertz CT molecular complexity index is 1220. The SMILES string of the molecule is Cc1ccc(S(=O)(=O)N(C)c2ccc(C(=O)Nc3ccc(CCN4CCCC4)cc3)cc2)cc1. The van der Waals surface area contributed by atoms with Crippen LogP contribution in [0.5, 0.6) is 0 Å². The Balaban J connectivity index is 1.36. The van der Waals surface area contributed by atoms with Crippen molar-refractivity contribution in [3.05, 3.63) is 89.5 Å². The Kier molecular flexibility index (Phi) is 7.34. The summed E-state index contributed by atoms with van der Waals surface area (Å²) in [5.41, 5.74) is 3.93. The van der Waals surface area contributed by atoms with Crippen molar-refractivity contribution in [3.8, 4) is 0 Å². The molecule has 1 aliphatic heterocycles. The minimum absolute atomic E-state index is 0.228. The minimum Gasteiger partial charge on any atom is -0.322 e. The molecule has 0 radical (unpaired) electrons. The number of hydrogen-bond acceptors (Lipinski definition) is 4. The van der Waals surface area contributed by atoms with Crippen molar-refractivity contribution in [2.75, 3.05) is 36.3 Å². The molecule has 3 aromatic carbocycles. The van der Waals surface area contributed by atoms with Gasteiger partial charge in [0.1, 0.15) is 0 Å². The maximum absolute atomic E-state index is 12.9. The van der Waals surface area contributed by atoms with Crippen LogP contribution in [0.4, 0.5) is 11.4 Å². The Morgan fingerprint density at radius 2 is 1.53 bits per heavy atom. The van der Waals surface area contributed by atoms with Gasteiger partial charge in [-0.3, -0.25) is 9.10 Å². The molecule has 1 aliphatic rings. The van der Waals surface area contributed by atoms with Crippen molar-refractivity contribution in [2.24, 2.45) is 0 Å². The summed E-state index contributed by atoms with van der Waals surface area (Å²) in [5, 5.41) is 2.91. The van der Waals surface area contributed by atoms with E-state index in [-0.39, 0.29) is 10.8 Å². The molecule has 7 heteroatoms. The number of anilines is 2. The first-order valence-electron chi connectivity index (χ1n) is 11.6. The van der Waals surface area contributed by atoms with E-state index in [1.54, 1.807) is 48.5 Å². The van der Waals surface area contributed by atoms with E-state index in [1.165, 1.54) is 42.8 Å². The zero-order valence-electron chi connectivity index (χ0n) is 19.7. The van der Waals surface area contributed by atoms with Crippen LogP contribution >= 0.6 is 0 Å². The molecular formula is C27H31N3O3S. The summed E-state index contributed by atoms with van der Waals surface area (Å²) in [4.78, 5) is 15.4. The highest BCUT2D eigenvalue weighted by molar-refractivity contribution is 7.92. The van der Waals surface area contributed by atoms with Crippen molar-refractivity contribution in [2.45, 2.75) is 31.1 Å². The Labute approximate surface area is 202 Å². The monoisotopic (exact) mass is 477 g/mol. The van der Waals surface area contributed by atoms with E-state index in [4.69, 9.17) is 0 Å². The molecule has 0 saturated carbocycles. The Morgan fingerprint density at radius 3 is 2.15 bits per heavy atom. The highest BCUT2D eigenvalue weighted by atomic mass is 32.2. The van der Waals surface area contributed by atoms with Crippen LogP contribution in [0.3, 0.4) is 0 Å². The highest BCUT2D eigenvalue weighted by Crippen LogP contribution is 2.23. The topological polar surface area (TPSA) is 69.7 Å². The first kappa shape index (κ1) is 24.0. The maximum Gasteiger partial charge on any atom is 0.264 e. The summed E-state index contributed by atoms with van der Waals surface area (Å²) in [5.74, 6) is -0.236. The van der Waals surface area contributed by atoms with E-state index in [0.29, 0.717) is 11.3 Å². The molecule has 1 heterocycles. The normalized spacial score (nSPS) is 14.2. The van der Waals surface area contributed by atoms with Crippen LogP contribution in [0, 0.1) is 6.92 Å². The molecule has 1 saturated heterocycles. The van der Waals surface area contributed by atoms with Crippen molar-refractivity contribution < 1.29 is 13.2 Å². The number of carbonyl (C=O) groups is 1. The summed E-state index contributed by atoms with van der Waals surface area (Å²) in [6.07, 6.45) is 3.60. The minimum atomic E-state index is -3.68. The van der Waals surface area contributed by atoms with Crippen LogP contribution in [-0.4, -0.2) is 45.9 Å². The van der Waals surface area contributed by atoms with Crippen molar-refractivity contribution in [3.63, 3.8) is 0 Å². The second kappa shape index (κ2) is 10.4. The smallest absolute Gasteiger partial charge is 0.264 e. The number of rotatable bonds is 8. The lowest BCUT2D eigenvalue weighted by atomic mass is 10.1. The van der Waals surface area contributed by atoms with Gasteiger partial charge in [0, 0.05) is 24.8 Å². The number of hydrogen-bond donors (Lipinski definition) is 1. The van der Waals surface area contributed by atoms with E-state index in [9.17, 15) is 13.2 Å². The number of benzene rings is 3. The predicted octanol–water partition coefficient (Wildman–Crippen LogP) is 4.71. The predicted molar refractivity (Wildman–Crippen MR) is 137 cm³/mol. The molecule has 0 atom stereocenters. The zero-order valence-corrected chi connectivity index (χ0v) is 20.5.